The quantitative estimate of drug-likeness (QED) is 0.356. The number of nitro groups is 1. The number of carbonyl (C=O) groups is 2. The van der Waals surface area contributed by atoms with Gasteiger partial charge < -0.3 is 19.9 Å². The number of anilines is 3. The normalized spacial score (nSPS) is 18.4. The summed E-state index contributed by atoms with van der Waals surface area (Å²) >= 11 is 6.56. The smallest absolute Gasteiger partial charge is 0.414 e. The van der Waals surface area contributed by atoms with E-state index in [1.54, 1.807) is 18.2 Å². The van der Waals surface area contributed by atoms with Crippen LogP contribution in [0.5, 0.6) is 0 Å². The van der Waals surface area contributed by atoms with Crippen LogP contribution in [-0.2, 0) is 9.53 Å². The molecule has 3 heterocycles. The number of amides is 2. The van der Waals surface area contributed by atoms with Gasteiger partial charge in [0.1, 0.15) is 17.8 Å². The summed E-state index contributed by atoms with van der Waals surface area (Å²) in [5, 5.41) is 14.4. The molecule has 2 aliphatic heterocycles. The predicted octanol–water partition coefficient (Wildman–Crippen LogP) is 2.80. The van der Waals surface area contributed by atoms with Gasteiger partial charge in [0.15, 0.2) is 0 Å². The number of piperazine rings is 1. The van der Waals surface area contributed by atoms with Crippen LogP contribution in [0.2, 0.25) is 0 Å². The van der Waals surface area contributed by atoms with Crippen LogP contribution in [0.25, 0.3) is 0 Å². The van der Waals surface area contributed by atoms with E-state index in [0.29, 0.717) is 37.6 Å². The van der Waals surface area contributed by atoms with Crippen LogP contribution < -0.4 is 20.0 Å². The number of nitrogens with zero attached hydrogens (tertiary/aromatic N) is 4. The first-order valence-electron chi connectivity index (χ1n) is 10.2. The zero-order valence-corrected chi connectivity index (χ0v) is 19.0. The molecule has 33 heavy (non-hydrogen) atoms. The summed E-state index contributed by atoms with van der Waals surface area (Å²) in [6.45, 7) is 2.63. The molecular weight excluding hydrogens is 477 g/mol. The number of nitrogens with one attached hydrogen (secondary N) is 1. The lowest BCUT2D eigenvalue weighted by atomic mass is 10.2. The Labute approximate surface area is 197 Å². The second-order valence-corrected chi connectivity index (χ2v) is 8.84. The van der Waals surface area contributed by atoms with Crippen molar-refractivity contribution in [2.45, 2.75) is 6.10 Å². The Morgan fingerprint density at radius 2 is 1.97 bits per heavy atom. The third kappa shape index (κ3) is 5.11. The number of cyclic esters (lactones) is 1. The number of alkyl halides is 1. The lowest BCUT2D eigenvalue weighted by Gasteiger charge is -2.36. The van der Waals surface area contributed by atoms with Crippen LogP contribution in [0.4, 0.5) is 30.6 Å². The maximum absolute atomic E-state index is 14.9. The minimum absolute atomic E-state index is 0.0955. The molecule has 2 aromatic rings. The van der Waals surface area contributed by atoms with Crippen LogP contribution in [0.1, 0.15) is 0 Å². The number of thiophene rings is 1. The Bertz CT molecular complexity index is 1060. The van der Waals surface area contributed by atoms with Gasteiger partial charge in [-0.05, 0) is 35.6 Å². The van der Waals surface area contributed by atoms with E-state index in [2.05, 4.69) is 5.32 Å². The molecule has 2 amide bonds. The monoisotopic (exact) mass is 497 g/mol. The average molecular weight is 498 g/mol. The molecule has 2 fully saturated rings. The summed E-state index contributed by atoms with van der Waals surface area (Å²) < 4.78 is 20.2. The molecule has 0 radical (unpaired) electrons. The van der Waals surface area contributed by atoms with Gasteiger partial charge in [0.2, 0.25) is 5.91 Å². The van der Waals surface area contributed by atoms with Crippen molar-refractivity contribution in [2.75, 3.05) is 59.8 Å². The largest absolute Gasteiger partial charge is 0.442 e. The number of rotatable bonds is 7. The van der Waals surface area contributed by atoms with E-state index in [0.717, 1.165) is 16.3 Å². The number of hydrogen-bond donors (Lipinski definition) is 1. The second-order valence-electron chi connectivity index (χ2n) is 7.53. The summed E-state index contributed by atoms with van der Waals surface area (Å²) in [5.41, 5.74) is 0.797. The zero-order valence-electron chi connectivity index (χ0n) is 17.4. The zero-order chi connectivity index (χ0) is 23.5. The van der Waals surface area contributed by atoms with Gasteiger partial charge in [0.25, 0.3) is 0 Å². The van der Waals surface area contributed by atoms with Crippen molar-refractivity contribution < 1.29 is 23.6 Å². The number of halogens is 2. The molecule has 0 unspecified atom stereocenters. The fraction of sp³-hybridized carbons (Fsp3) is 0.400. The molecule has 2 saturated heterocycles. The van der Waals surface area contributed by atoms with E-state index in [1.165, 1.54) is 17.0 Å². The molecule has 1 atom stereocenters. The van der Waals surface area contributed by atoms with Gasteiger partial charge in [-0.2, -0.15) is 0 Å². The van der Waals surface area contributed by atoms with Crippen LogP contribution in [-0.4, -0.2) is 68.2 Å². The fourth-order valence-electron chi connectivity index (χ4n) is 3.79. The maximum atomic E-state index is 14.9. The van der Waals surface area contributed by atoms with Gasteiger partial charge >= 0.3 is 11.1 Å². The molecule has 10 nitrogen and oxygen atoms in total. The lowest BCUT2D eigenvalue weighted by Crippen LogP contribution is -2.46. The van der Waals surface area contributed by atoms with Crippen molar-refractivity contribution in [1.82, 2.24) is 5.32 Å². The summed E-state index contributed by atoms with van der Waals surface area (Å²) in [6, 6.07) is 7.81. The summed E-state index contributed by atoms with van der Waals surface area (Å²) in [6.07, 6.45) is -1.15. The maximum Gasteiger partial charge on any atom is 0.414 e. The van der Waals surface area contributed by atoms with Crippen LogP contribution >= 0.6 is 22.9 Å². The third-order valence-corrected chi connectivity index (χ3v) is 6.80. The van der Waals surface area contributed by atoms with E-state index in [4.69, 9.17) is 16.3 Å². The van der Waals surface area contributed by atoms with Crippen molar-refractivity contribution >= 4 is 56.3 Å². The van der Waals surface area contributed by atoms with E-state index in [-0.39, 0.29) is 29.9 Å². The molecular formula is C20H21ClFN5O5S. The first-order valence-corrected chi connectivity index (χ1v) is 11.6. The van der Waals surface area contributed by atoms with E-state index < -0.39 is 22.9 Å². The average Bonchev–Trinajstić information content (AvgIpc) is 3.45. The van der Waals surface area contributed by atoms with Crippen molar-refractivity contribution in [3.63, 3.8) is 0 Å². The number of carbonyl (C=O) groups excluding carboxylic acids is 2. The number of ether oxygens (including phenoxy) is 1. The van der Waals surface area contributed by atoms with Crippen LogP contribution in [0.15, 0.2) is 30.3 Å². The van der Waals surface area contributed by atoms with Gasteiger partial charge in [-0.1, -0.05) is 0 Å². The Morgan fingerprint density at radius 1 is 1.24 bits per heavy atom. The standard InChI is InChI=1S/C20H21ClFN5O5S/c21-10-17(28)23-11-14-12-26(20(29)32-14)13-1-2-16(15(22)9-13)24-5-7-25(8-6-24)18-3-4-19(33-18)27(30)31/h1-4,9,14H,5-8,10-12H2,(H,23,28)/t14-/m0/s1. The minimum atomic E-state index is -0.606. The highest BCUT2D eigenvalue weighted by atomic mass is 35.5. The Morgan fingerprint density at radius 3 is 2.61 bits per heavy atom. The fourth-order valence-corrected chi connectivity index (χ4v) is 4.75. The Balaban J connectivity index is 1.36. The Hall–Kier alpha value is -3.12. The highest BCUT2D eigenvalue weighted by Gasteiger charge is 2.33. The highest BCUT2D eigenvalue weighted by Crippen LogP contribution is 2.33. The molecule has 1 aromatic carbocycles. The number of benzene rings is 1. The van der Waals surface area contributed by atoms with Gasteiger partial charge in [0, 0.05) is 32.2 Å². The first-order chi connectivity index (χ1) is 15.9. The van der Waals surface area contributed by atoms with Crippen LogP contribution in [0, 0.1) is 15.9 Å². The SMILES string of the molecule is O=C(CCl)NC[C@H]1CN(c2ccc(N3CCN(c4ccc([N+](=O)[O-])s4)CC3)c(F)c2)C(=O)O1. The topological polar surface area (TPSA) is 108 Å². The second kappa shape index (κ2) is 9.79. The van der Waals surface area contributed by atoms with Gasteiger partial charge in [-0.25, -0.2) is 9.18 Å². The first kappa shape index (κ1) is 23.1. The van der Waals surface area contributed by atoms with Crippen LogP contribution in [0.3, 0.4) is 0 Å². The van der Waals surface area contributed by atoms with E-state index in [9.17, 15) is 24.1 Å². The molecule has 1 N–H and O–H groups in total. The van der Waals surface area contributed by atoms with Gasteiger partial charge in [-0.3, -0.25) is 19.8 Å². The molecule has 0 bridgehead atoms. The summed E-state index contributed by atoms with van der Waals surface area (Å²) in [7, 11) is 0. The molecule has 4 rings (SSSR count). The molecule has 0 aliphatic carbocycles. The van der Waals surface area contributed by atoms with Crippen molar-refractivity contribution in [2.24, 2.45) is 0 Å². The minimum Gasteiger partial charge on any atom is -0.442 e. The van der Waals surface area contributed by atoms with Gasteiger partial charge in [-0.15, -0.1) is 11.6 Å². The third-order valence-electron chi connectivity index (χ3n) is 5.45. The molecule has 176 valence electrons. The molecule has 13 heteroatoms. The van der Waals surface area contributed by atoms with E-state index >= 15 is 0 Å². The van der Waals surface area contributed by atoms with Gasteiger partial charge in [0.05, 0.1) is 34.4 Å². The van der Waals surface area contributed by atoms with Crippen molar-refractivity contribution in [3.8, 4) is 0 Å². The van der Waals surface area contributed by atoms with E-state index in [1.807, 2.05) is 9.80 Å². The highest BCUT2D eigenvalue weighted by molar-refractivity contribution is 7.19. The number of hydrogen-bond acceptors (Lipinski definition) is 8. The molecule has 0 saturated carbocycles. The lowest BCUT2D eigenvalue weighted by molar-refractivity contribution is -0.380. The van der Waals surface area contributed by atoms with Crippen molar-refractivity contribution in [3.05, 3.63) is 46.3 Å². The molecule has 2 aliphatic rings. The molecule has 0 spiro atoms. The summed E-state index contributed by atoms with van der Waals surface area (Å²) in [5.74, 6) is -1.00. The van der Waals surface area contributed by atoms with Crippen molar-refractivity contribution in [1.29, 1.82) is 0 Å². The molecule has 1 aromatic heterocycles. The Kier molecular flexibility index (Phi) is 6.84. The predicted molar refractivity (Wildman–Crippen MR) is 123 cm³/mol. The summed E-state index contributed by atoms with van der Waals surface area (Å²) in [4.78, 5) is 39.2.